The lowest BCUT2D eigenvalue weighted by molar-refractivity contribution is 0.0904. The maximum atomic E-state index is 11.8. The normalized spacial score (nSPS) is 10.0. The first kappa shape index (κ1) is 13.6. The van der Waals surface area contributed by atoms with E-state index in [1.54, 1.807) is 30.3 Å². The molecule has 0 radical (unpaired) electrons. The summed E-state index contributed by atoms with van der Waals surface area (Å²) in [5, 5.41) is 20.9. The van der Waals surface area contributed by atoms with Crippen molar-refractivity contribution in [3.63, 3.8) is 0 Å². The number of benzene rings is 2. The molecule has 0 fully saturated rings. The van der Waals surface area contributed by atoms with Gasteiger partial charge in [0.15, 0.2) is 17.3 Å². The second kappa shape index (κ2) is 5.88. The zero-order valence-corrected chi connectivity index (χ0v) is 10.5. The van der Waals surface area contributed by atoms with Gasteiger partial charge in [-0.2, -0.15) is 0 Å². The van der Waals surface area contributed by atoms with E-state index in [4.69, 9.17) is 5.11 Å². The number of phenolic OH excluding ortho intramolecular Hbond substituents is 2. The summed E-state index contributed by atoms with van der Waals surface area (Å²) < 4.78 is 0. The van der Waals surface area contributed by atoms with E-state index < -0.39 is 5.91 Å². The molecule has 3 N–H and O–H groups in total. The van der Waals surface area contributed by atoms with E-state index >= 15 is 0 Å². The Labute approximate surface area is 115 Å². The third-order valence-corrected chi connectivity index (χ3v) is 2.74. The Bertz CT molecular complexity index is 638. The molecule has 0 aliphatic heterocycles. The number of hydrogen-bond acceptors (Lipinski definition) is 4. The van der Waals surface area contributed by atoms with Gasteiger partial charge in [0, 0.05) is 11.1 Å². The molecule has 0 spiro atoms. The lowest BCUT2D eigenvalue weighted by Crippen LogP contribution is -2.29. The summed E-state index contributed by atoms with van der Waals surface area (Å²) in [6, 6.07) is 12.3. The van der Waals surface area contributed by atoms with Crippen LogP contribution in [-0.2, 0) is 0 Å². The Morgan fingerprint density at radius 1 is 0.900 bits per heavy atom. The zero-order valence-electron chi connectivity index (χ0n) is 10.5. The van der Waals surface area contributed by atoms with E-state index in [0.717, 1.165) is 6.07 Å². The molecule has 0 atom stereocenters. The summed E-state index contributed by atoms with van der Waals surface area (Å²) in [5.74, 6) is -1.39. The van der Waals surface area contributed by atoms with Gasteiger partial charge in [0.25, 0.3) is 5.91 Å². The quantitative estimate of drug-likeness (QED) is 0.583. The van der Waals surface area contributed by atoms with Crippen molar-refractivity contribution in [2.24, 2.45) is 0 Å². The van der Waals surface area contributed by atoms with Crippen molar-refractivity contribution >= 4 is 11.7 Å². The van der Waals surface area contributed by atoms with Gasteiger partial charge >= 0.3 is 0 Å². The van der Waals surface area contributed by atoms with Gasteiger partial charge < -0.3 is 15.5 Å². The van der Waals surface area contributed by atoms with Gasteiger partial charge in [0.2, 0.25) is 0 Å². The number of amides is 1. The van der Waals surface area contributed by atoms with Crippen LogP contribution in [0.1, 0.15) is 20.7 Å². The molecule has 0 aromatic heterocycles. The number of ketones is 1. The van der Waals surface area contributed by atoms with Gasteiger partial charge in [-0.05, 0) is 18.2 Å². The van der Waals surface area contributed by atoms with Crippen LogP contribution in [0.3, 0.4) is 0 Å². The number of aromatic hydroxyl groups is 2. The first-order valence-corrected chi connectivity index (χ1v) is 5.96. The number of Topliss-reactive ketones (excluding diaryl/α,β-unsaturated/α-hetero) is 1. The van der Waals surface area contributed by atoms with E-state index in [1.807, 2.05) is 0 Å². The van der Waals surface area contributed by atoms with Crippen LogP contribution in [-0.4, -0.2) is 28.4 Å². The average Bonchev–Trinajstić information content (AvgIpc) is 2.48. The van der Waals surface area contributed by atoms with Gasteiger partial charge in [0.1, 0.15) is 0 Å². The van der Waals surface area contributed by atoms with Crippen molar-refractivity contribution in [1.29, 1.82) is 0 Å². The Hall–Kier alpha value is -2.82. The van der Waals surface area contributed by atoms with Crippen molar-refractivity contribution in [3.8, 4) is 11.5 Å². The topological polar surface area (TPSA) is 86.6 Å². The Morgan fingerprint density at radius 2 is 1.60 bits per heavy atom. The molecule has 0 saturated heterocycles. The maximum absolute atomic E-state index is 11.8. The molecule has 0 unspecified atom stereocenters. The predicted octanol–water partition coefficient (Wildman–Crippen LogP) is 1.71. The van der Waals surface area contributed by atoms with Crippen molar-refractivity contribution in [2.45, 2.75) is 0 Å². The number of hydrogen-bond donors (Lipinski definition) is 3. The van der Waals surface area contributed by atoms with Crippen molar-refractivity contribution < 1.29 is 19.8 Å². The average molecular weight is 271 g/mol. The smallest absolute Gasteiger partial charge is 0.251 e. The molecule has 20 heavy (non-hydrogen) atoms. The van der Waals surface area contributed by atoms with Crippen LogP contribution in [0.4, 0.5) is 0 Å². The number of carbonyl (C=O) groups is 2. The summed E-state index contributed by atoms with van der Waals surface area (Å²) in [6.07, 6.45) is 0. The third-order valence-electron chi connectivity index (χ3n) is 2.74. The highest BCUT2D eigenvalue weighted by molar-refractivity contribution is 6.02. The number of phenols is 2. The first-order valence-electron chi connectivity index (χ1n) is 5.96. The minimum atomic E-state index is -0.496. The van der Waals surface area contributed by atoms with E-state index in [1.165, 1.54) is 12.1 Å². The molecular weight excluding hydrogens is 258 g/mol. The minimum absolute atomic E-state index is 0.134. The van der Waals surface area contributed by atoms with E-state index in [2.05, 4.69) is 5.32 Å². The maximum Gasteiger partial charge on any atom is 0.251 e. The number of rotatable bonds is 4. The molecule has 0 bridgehead atoms. The van der Waals surface area contributed by atoms with E-state index in [-0.39, 0.29) is 29.4 Å². The highest BCUT2D eigenvalue weighted by Gasteiger charge is 2.11. The van der Waals surface area contributed by atoms with E-state index in [9.17, 15) is 14.7 Å². The van der Waals surface area contributed by atoms with Crippen LogP contribution in [0.2, 0.25) is 0 Å². The summed E-state index contributed by atoms with van der Waals surface area (Å²) >= 11 is 0. The Kier molecular flexibility index (Phi) is 4.00. The lowest BCUT2D eigenvalue weighted by atomic mass is 10.1. The van der Waals surface area contributed by atoms with Crippen molar-refractivity contribution in [2.75, 3.05) is 6.54 Å². The molecule has 0 saturated carbocycles. The molecule has 0 aliphatic rings. The fourth-order valence-corrected chi connectivity index (χ4v) is 1.65. The van der Waals surface area contributed by atoms with Crippen LogP contribution in [0.5, 0.6) is 11.5 Å². The van der Waals surface area contributed by atoms with Crippen LogP contribution < -0.4 is 5.32 Å². The number of carbonyl (C=O) groups excluding carboxylic acids is 2. The van der Waals surface area contributed by atoms with Crippen LogP contribution in [0.15, 0.2) is 48.5 Å². The molecule has 1 amide bonds. The van der Waals surface area contributed by atoms with Crippen LogP contribution in [0.25, 0.3) is 0 Å². The molecule has 0 aliphatic carbocycles. The Morgan fingerprint density at radius 3 is 2.25 bits per heavy atom. The highest BCUT2D eigenvalue weighted by atomic mass is 16.3. The fourth-order valence-electron chi connectivity index (χ4n) is 1.65. The molecule has 2 aromatic rings. The SMILES string of the molecule is O=C(CNC(=O)c1ccc(O)c(O)c1)c1ccccc1. The molecule has 102 valence electrons. The van der Waals surface area contributed by atoms with Crippen molar-refractivity contribution in [1.82, 2.24) is 5.32 Å². The van der Waals surface area contributed by atoms with Crippen LogP contribution >= 0.6 is 0 Å². The summed E-state index contributed by atoms with van der Waals surface area (Å²) in [5.41, 5.74) is 0.683. The molecule has 2 aromatic carbocycles. The van der Waals surface area contributed by atoms with Crippen LogP contribution in [0, 0.1) is 0 Å². The van der Waals surface area contributed by atoms with Gasteiger partial charge in [-0.15, -0.1) is 0 Å². The van der Waals surface area contributed by atoms with Gasteiger partial charge in [0.05, 0.1) is 6.54 Å². The molecule has 5 nitrogen and oxygen atoms in total. The minimum Gasteiger partial charge on any atom is -0.504 e. The van der Waals surface area contributed by atoms with Gasteiger partial charge in [-0.1, -0.05) is 30.3 Å². The monoisotopic (exact) mass is 271 g/mol. The summed E-state index contributed by atoms with van der Waals surface area (Å²) in [4.78, 5) is 23.6. The number of nitrogens with one attached hydrogen (secondary N) is 1. The largest absolute Gasteiger partial charge is 0.504 e. The fraction of sp³-hybridized carbons (Fsp3) is 0.0667. The first-order chi connectivity index (χ1) is 9.58. The third kappa shape index (κ3) is 3.14. The molecule has 0 heterocycles. The predicted molar refractivity (Wildman–Crippen MR) is 72.9 cm³/mol. The summed E-state index contributed by atoms with van der Waals surface area (Å²) in [6.45, 7) is -0.134. The lowest BCUT2D eigenvalue weighted by Gasteiger charge is -2.06. The molecule has 5 heteroatoms. The van der Waals surface area contributed by atoms with Crippen molar-refractivity contribution in [3.05, 3.63) is 59.7 Å². The molecular formula is C15H13NO4. The standard InChI is InChI=1S/C15H13NO4/c17-12-7-6-11(8-13(12)18)15(20)16-9-14(19)10-4-2-1-3-5-10/h1-8,17-18H,9H2,(H,16,20). The second-order valence-electron chi connectivity index (χ2n) is 4.18. The van der Waals surface area contributed by atoms with Gasteiger partial charge in [-0.3, -0.25) is 9.59 Å². The highest BCUT2D eigenvalue weighted by Crippen LogP contribution is 2.24. The van der Waals surface area contributed by atoms with Gasteiger partial charge in [-0.25, -0.2) is 0 Å². The van der Waals surface area contributed by atoms with E-state index in [0.29, 0.717) is 5.56 Å². The summed E-state index contributed by atoms with van der Waals surface area (Å²) in [7, 11) is 0. The Balaban J connectivity index is 1.98. The molecule has 2 rings (SSSR count). The second-order valence-corrected chi connectivity index (χ2v) is 4.18. The zero-order chi connectivity index (χ0) is 14.5.